The number of nitrogens with one attached hydrogen (secondary N) is 1. The Labute approximate surface area is 191 Å². The predicted molar refractivity (Wildman–Crippen MR) is 116 cm³/mol. The molecule has 3 amide bonds. The maximum Gasteiger partial charge on any atom is 0.261 e. The first kappa shape index (κ1) is 21.4. The van der Waals surface area contributed by atoms with E-state index in [4.69, 9.17) is 4.74 Å². The van der Waals surface area contributed by atoms with E-state index in [1.165, 1.54) is 23.6 Å². The van der Waals surface area contributed by atoms with Crippen LogP contribution in [0.15, 0.2) is 41.8 Å². The first-order chi connectivity index (χ1) is 15.9. The van der Waals surface area contributed by atoms with Gasteiger partial charge in [0.05, 0.1) is 29.5 Å². The van der Waals surface area contributed by atoms with Crippen molar-refractivity contribution in [1.29, 1.82) is 0 Å². The van der Waals surface area contributed by atoms with Crippen molar-refractivity contribution in [2.45, 2.75) is 18.9 Å². The molecule has 3 heterocycles. The lowest BCUT2D eigenvalue weighted by molar-refractivity contribution is 0.0475. The van der Waals surface area contributed by atoms with Crippen LogP contribution >= 0.6 is 11.3 Å². The smallest absolute Gasteiger partial charge is 0.261 e. The highest BCUT2D eigenvalue weighted by atomic mass is 32.1. The summed E-state index contributed by atoms with van der Waals surface area (Å²) in [6.07, 6.45) is 1.51. The summed E-state index contributed by atoms with van der Waals surface area (Å²) >= 11 is 1.05. The molecule has 10 heteroatoms. The molecule has 1 unspecified atom stereocenters. The summed E-state index contributed by atoms with van der Waals surface area (Å²) in [4.78, 5) is 43.5. The second kappa shape index (κ2) is 8.45. The maximum atomic E-state index is 14.0. The standard InChI is InChI=1S/C23H17F2N3O4S/c24-13-4-6-18(25)17(9-13)19-11-33-23(26-19)27-20(29)12-3-5-15-16(8-12)22(31)28(21(15)30)10-14-2-1-7-32-14/h3-6,8-9,11,14H,1-2,7,10H2,(H,26,27,29). The molecule has 0 saturated carbocycles. The topological polar surface area (TPSA) is 88.6 Å². The Morgan fingerprint density at radius 2 is 1.94 bits per heavy atom. The third-order valence-electron chi connectivity index (χ3n) is 5.57. The Kier molecular flexibility index (Phi) is 5.47. The average Bonchev–Trinajstić information content (AvgIpc) is 3.54. The Hall–Kier alpha value is -3.50. The van der Waals surface area contributed by atoms with Gasteiger partial charge >= 0.3 is 0 Å². The average molecular weight is 469 g/mol. The number of carbonyl (C=O) groups excluding carboxylic acids is 3. The molecule has 3 aromatic rings. The number of aromatic nitrogens is 1. The number of hydrogen-bond donors (Lipinski definition) is 1. The molecule has 2 aromatic carbocycles. The van der Waals surface area contributed by atoms with Gasteiger partial charge in [-0.1, -0.05) is 0 Å². The van der Waals surface area contributed by atoms with Crippen molar-refractivity contribution in [2.24, 2.45) is 0 Å². The number of anilines is 1. The first-order valence-electron chi connectivity index (χ1n) is 10.2. The Balaban J connectivity index is 1.33. The number of nitrogens with zero attached hydrogens (tertiary/aromatic N) is 2. The minimum atomic E-state index is -0.631. The molecule has 33 heavy (non-hydrogen) atoms. The lowest BCUT2D eigenvalue weighted by Crippen LogP contribution is -2.36. The number of halogens is 2. The van der Waals surface area contributed by atoms with Gasteiger partial charge in [0.25, 0.3) is 17.7 Å². The number of carbonyl (C=O) groups is 3. The quantitative estimate of drug-likeness (QED) is 0.568. The molecule has 168 valence electrons. The molecule has 5 rings (SSSR count). The summed E-state index contributed by atoms with van der Waals surface area (Å²) < 4.78 is 33.0. The van der Waals surface area contributed by atoms with E-state index in [-0.39, 0.29) is 45.7 Å². The van der Waals surface area contributed by atoms with E-state index in [9.17, 15) is 23.2 Å². The summed E-state index contributed by atoms with van der Waals surface area (Å²) in [5, 5.41) is 4.28. The summed E-state index contributed by atoms with van der Waals surface area (Å²) in [6, 6.07) is 7.33. The van der Waals surface area contributed by atoms with Gasteiger partial charge in [-0.25, -0.2) is 13.8 Å². The van der Waals surface area contributed by atoms with Gasteiger partial charge < -0.3 is 4.74 Å². The van der Waals surface area contributed by atoms with Crippen LogP contribution < -0.4 is 5.32 Å². The Morgan fingerprint density at radius 3 is 2.73 bits per heavy atom. The molecule has 1 saturated heterocycles. The molecule has 0 aliphatic carbocycles. The summed E-state index contributed by atoms with van der Waals surface area (Å²) in [5.41, 5.74) is 0.744. The van der Waals surface area contributed by atoms with Crippen molar-refractivity contribution in [2.75, 3.05) is 18.5 Å². The monoisotopic (exact) mass is 469 g/mol. The SMILES string of the molecule is O=C(Nc1nc(-c2cc(F)ccc2F)cs1)c1ccc2c(c1)C(=O)N(CC1CCCO1)C2=O. The number of hydrogen-bond acceptors (Lipinski definition) is 6. The van der Waals surface area contributed by atoms with Crippen molar-refractivity contribution in [1.82, 2.24) is 9.88 Å². The van der Waals surface area contributed by atoms with E-state index in [0.717, 1.165) is 47.3 Å². The van der Waals surface area contributed by atoms with Crippen molar-refractivity contribution in [3.05, 3.63) is 70.1 Å². The molecule has 1 fully saturated rings. The minimum absolute atomic E-state index is 0.0141. The van der Waals surface area contributed by atoms with Crippen LogP contribution in [0.4, 0.5) is 13.9 Å². The third-order valence-corrected chi connectivity index (χ3v) is 6.33. The second-order valence-corrected chi connectivity index (χ2v) is 8.59. The van der Waals surface area contributed by atoms with Crippen molar-refractivity contribution in [3.63, 3.8) is 0 Å². The second-order valence-electron chi connectivity index (χ2n) is 7.73. The van der Waals surface area contributed by atoms with E-state index in [1.54, 1.807) is 0 Å². The van der Waals surface area contributed by atoms with E-state index < -0.39 is 29.4 Å². The zero-order valence-electron chi connectivity index (χ0n) is 17.1. The third kappa shape index (κ3) is 4.03. The van der Waals surface area contributed by atoms with E-state index in [1.807, 2.05) is 0 Å². The maximum absolute atomic E-state index is 14.0. The molecule has 2 aliphatic heterocycles. The summed E-state index contributed by atoms with van der Waals surface area (Å²) in [5.74, 6) is -2.64. The van der Waals surface area contributed by atoms with Crippen molar-refractivity contribution >= 4 is 34.2 Å². The predicted octanol–water partition coefficient (Wildman–Crippen LogP) is 4.12. The zero-order chi connectivity index (χ0) is 23.1. The number of imide groups is 1. The number of rotatable bonds is 5. The fourth-order valence-corrected chi connectivity index (χ4v) is 4.61. The van der Waals surface area contributed by atoms with E-state index in [2.05, 4.69) is 10.3 Å². The lowest BCUT2D eigenvalue weighted by atomic mass is 10.1. The van der Waals surface area contributed by atoms with Crippen LogP contribution in [0.2, 0.25) is 0 Å². The highest BCUT2D eigenvalue weighted by Crippen LogP contribution is 2.29. The molecule has 0 spiro atoms. The highest BCUT2D eigenvalue weighted by Gasteiger charge is 2.38. The number of benzene rings is 2. The fourth-order valence-electron chi connectivity index (χ4n) is 3.91. The number of ether oxygens (including phenoxy) is 1. The molecule has 2 aliphatic rings. The van der Waals surface area contributed by atoms with E-state index in [0.29, 0.717) is 6.61 Å². The molecule has 0 bridgehead atoms. The van der Waals surface area contributed by atoms with Gasteiger partial charge in [0.1, 0.15) is 11.6 Å². The number of amides is 3. The van der Waals surface area contributed by atoms with Gasteiger partial charge in [-0.15, -0.1) is 11.3 Å². The highest BCUT2D eigenvalue weighted by molar-refractivity contribution is 7.14. The van der Waals surface area contributed by atoms with E-state index >= 15 is 0 Å². The lowest BCUT2D eigenvalue weighted by Gasteiger charge is -2.17. The normalized spacial score (nSPS) is 17.5. The van der Waals surface area contributed by atoms with Gasteiger partial charge in [-0.05, 0) is 49.2 Å². The molecule has 0 radical (unpaired) electrons. The van der Waals surface area contributed by atoms with Crippen molar-refractivity contribution < 1.29 is 27.9 Å². The molecule has 7 nitrogen and oxygen atoms in total. The first-order valence-corrected chi connectivity index (χ1v) is 11.1. The number of thiazole rings is 1. The molecular formula is C23H17F2N3O4S. The van der Waals surface area contributed by atoms with Gasteiger partial charge in [0, 0.05) is 23.1 Å². The fraction of sp³-hybridized carbons (Fsp3) is 0.217. The molecule has 1 aromatic heterocycles. The molecule has 1 atom stereocenters. The number of fused-ring (bicyclic) bond motifs is 1. The minimum Gasteiger partial charge on any atom is -0.376 e. The van der Waals surface area contributed by atoms with Gasteiger partial charge in [0.2, 0.25) is 0 Å². The Bertz CT molecular complexity index is 1290. The van der Waals surface area contributed by atoms with Crippen LogP contribution in [0.1, 0.15) is 43.9 Å². The van der Waals surface area contributed by atoms with Crippen LogP contribution in [0.5, 0.6) is 0 Å². The summed E-state index contributed by atoms with van der Waals surface area (Å²) in [6.45, 7) is 0.800. The van der Waals surface area contributed by atoms with Gasteiger partial charge in [0.15, 0.2) is 5.13 Å². The van der Waals surface area contributed by atoms with Crippen LogP contribution in [0.3, 0.4) is 0 Å². The Morgan fingerprint density at radius 1 is 1.12 bits per heavy atom. The summed E-state index contributed by atoms with van der Waals surface area (Å²) in [7, 11) is 0. The van der Waals surface area contributed by atoms with Gasteiger partial charge in [-0.3, -0.25) is 24.6 Å². The molecule has 1 N–H and O–H groups in total. The van der Waals surface area contributed by atoms with Gasteiger partial charge in [-0.2, -0.15) is 0 Å². The molecular weight excluding hydrogens is 452 g/mol. The largest absolute Gasteiger partial charge is 0.376 e. The van der Waals surface area contributed by atoms with Crippen LogP contribution in [0, 0.1) is 11.6 Å². The van der Waals surface area contributed by atoms with Crippen LogP contribution in [-0.2, 0) is 4.74 Å². The zero-order valence-corrected chi connectivity index (χ0v) is 18.0. The van der Waals surface area contributed by atoms with Crippen LogP contribution in [0.25, 0.3) is 11.3 Å². The van der Waals surface area contributed by atoms with Crippen LogP contribution in [-0.4, -0.2) is 46.9 Å². The van der Waals surface area contributed by atoms with Crippen molar-refractivity contribution in [3.8, 4) is 11.3 Å².